The van der Waals surface area contributed by atoms with Crippen LogP contribution >= 0.6 is 0 Å². The average Bonchev–Trinajstić information content (AvgIpc) is 3.47. The smallest absolute Gasteiger partial charge is 1.00 e. The maximum atomic E-state index is 2.52. The van der Waals surface area contributed by atoms with E-state index in [-0.39, 0.29) is 41.1 Å². The van der Waals surface area contributed by atoms with Crippen LogP contribution in [0.5, 0.6) is 0 Å². The molecule has 0 saturated heterocycles. The van der Waals surface area contributed by atoms with E-state index in [1.165, 1.54) is 33.4 Å². The van der Waals surface area contributed by atoms with Crippen molar-refractivity contribution in [2.24, 2.45) is 0 Å². The molecule has 0 amide bonds. The largest absolute Gasteiger partial charge is 1.00 e. The van der Waals surface area contributed by atoms with Gasteiger partial charge in [-0.2, -0.15) is 0 Å². The first kappa shape index (κ1) is 27.6. The van der Waals surface area contributed by atoms with Crippen molar-refractivity contribution in [2.75, 3.05) is 0 Å². The molecule has 4 aromatic rings. The Morgan fingerprint density at radius 2 is 0.919 bits per heavy atom. The minimum Gasteiger partial charge on any atom is -1.00 e. The van der Waals surface area contributed by atoms with Crippen LogP contribution in [0.2, 0.25) is 0 Å². The van der Waals surface area contributed by atoms with Gasteiger partial charge in [0.1, 0.15) is 0 Å². The Hall–Kier alpha value is -2.48. The number of allylic oxidation sites excluding steroid dienone is 2. The Morgan fingerprint density at radius 3 is 1.30 bits per heavy atom. The molecule has 0 nitrogen and oxygen atoms in total. The van der Waals surface area contributed by atoms with Crippen LogP contribution in [0.3, 0.4) is 0 Å². The number of benzene rings is 4. The minimum absolute atomic E-state index is 0. The van der Waals surface area contributed by atoms with Gasteiger partial charge in [-0.25, -0.2) is 0 Å². The van der Waals surface area contributed by atoms with E-state index in [0.29, 0.717) is 9.26 Å². The summed E-state index contributed by atoms with van der Waals surface area (Å²) in [7, 11) is 0. The molecule has 0 N–H and O–H groups in total. The quantitative estimate of drug-likeness (QED) is 0.339. The molecule has 2 aliphatic carbocycles. The molecule has 185 valence electrons. The third-order valence-electron chi connectivity index (χ3n) is 7.52. The third kappa shape index (κ3) is 5.01. The van der Waals surface area contributed by atoms with Gasteiger partial charge >= 0.3 is 217 Å². The van der Waals surface area contributed by atoms with Crippen LogP contribution in [0.25, 0.3) is 34.4 Å². The van der Waals surface area contributed by atoms with Gasteiger partial charge in [-0.15, -0.1) is 0 Å². The first-order valence-corrected chi connectivity index (χ1v) is 14.4. The van der Waals surface area contributed by atoms with Gasteiger partial charge in [0.15, 0.2) is 0 Å². The van der Waals surface area contributed by atoms with Crippen molar-refractivity contribution in [1.82, 2.24) is 0 Å². The van der Waals surface area contributed by atoms with E-state index in [4.69, 9.17) is 0 Å². The van der Waals surface area contributed by atoms with Crippen molar-refractivity contribution in [2.45, 2.75) is 35.9 Å². The fourth-order valence-electron chi connectivity index (χ4n) is 5.72. The molecule has 0 aromatic heterocycles. The van der Waals surface area contributed by atoms with Gasteiger partial charge in [-0.05, 0) is 0 Å². The predicted molar refractivity (Wildman–Crippen MR) is 146 cm³/mol. The fraction of sp³-hybridized carbons (Fsp3) is 0.176. The topological polar surface area (TPSA) is 0 Å². The van der Waals surface area contributed by atoms with Crippen molar-refractivity contribution >= 4 is 12.2 Å². The Kier molecular flexibility index (Phi) is 8.88. The molecule has 0 spiro atoms. The van der Waals surface area contributed by atoms with Crippen LogP contribution < -0.4 is 24.8 Å². The molecule has 6 rings (SSSR count). The van der Waals surface area contributed by atoms with Crippen LogP contribution in [0.4, 0.5) is 0 Å². The molecule has 0 aliphatic heterocycles. The number of halogens is 2. The van der Waals surface area contributed by atoms with Gasteiger partial charge in [0.05, 0.1) is 0 Å². The zero-order chi connectivity index (χ0) is 23.8. The Morgan fingerprint density at radius 1 is 0.514 bits per heavy atom. The summed E-state index contributed by atoms with van der Waals surface area (Å²) in [5.74, 6) is 0. The molecule has 0 saturated carbocycles. The number of hydrogen-bond donors (Lipinski definition) is 0. The molecule has 2 aliphatic rings. The second-order valence-corrected chi connectivity index (χ2v) is 11.5. The first-order chi connectivity index (χ1) is 17.3. The van der Waals surface area contributed by atoms with Gasteiger partial charge < -0.3 is 24.8 Å². The van der Waals surface area contributed by atoms with Crippen LogP contribution in [-0.2, 0) is 16.3 Å². The molecular weight excluding hydrogens is 530 g/mol. The van der Waals surface area contributed by atoms with E-state index < -0.39 is 0 Å². The summed E-state index contributed by atoms with van der Waals surface area (Å²) in [6.45, 7) is 4.67. The van der Waals surface area contributed by atoms with E-state index in [1.54, 1.807) is 22.3 Å². The molecular formula is C34H30Cl2V. The number of rotatable bonds is 6. The minimum atomic E-state index is 0. The second-order valence-electron chi connectivity index (χ2n) is 9.45. The summed E-state index contributed by atoms with van der Waals surface area (Å²) in [5.41, 5.74) is 14.6. The Labute approximate surface area is 240 Å². The van der Waals surface area contributed by atoms with E-state index >= 15 is 0 Å². The second kappa shape index (κ2) is 11.9. The zero-order valence-electron chi connectivity index (χ0n) is 21.2. The maximum Gasteiger partial charge on any atom is -1.00 e. The molecule has 37 heavy (non-hydrogen) atoms. The van der Waals surface area contributed by atoms with E-state index in [9.17, 15) is 0 Å². The zero-order valence-corrected chi connectivity index (χ0v) is 24.1. The summed E-state index contributed by atoms with van der Waals surface area (Å²) in [6, 6.07) is 35.7. The van der Waals surface area contributed by atoms with Gasteiger partial charge in [-0.1, -0.05) is 0 Å². The van der Waals surface area contributed by atoms with Gasteiger partial charge in [0.2, 0.25) is 0 Å². The van der Waals surface area contributed by atoms with Crippen molar-refractivity contribution in [3.05, 3.63) is 130 Å². The molecule has 2 atom stereocenters. The maximum absolute atomic E-state index is 2.52. The standard InChI is InChI=1S/2C17H15.2ClH.V/c2*1-2-13-11-15-9-6-10-16(17(15)12-13)14-7-4-3-5-8-14;;;/h2*3-12H,2H2,1H3;2*1H;/q;;;;+2/p-2. The number of hydrogen-bond acceptors (Lipinski definition) is 0. The molecule has 0 fully saturated rings. The van der Waals surface area contributed by atoms with E-state index in [0.717, 1.165) is 12.8 Å². The molecule has 2 unspecified atom stereocenters. The van der Waals surface area contributed by atoms with Crippen molar-refractivity contribution < 1.29 is 41.1 Å². The molecule has 0 bridgehead atoms. The Bertz CT molecular complexity index is 1330. The van der Waals surface area contributed by atoms with Gasteiger partial charge in [-0.3, -0.25) is 0 Å². The van der Waals surface area contributed by atoms with Crippen molar-refractivity contribution in [3.63, 3.8) is 0 Å². The fourth-order valence-corrected chi connectivity index (χ4v) is 8.80. The van der Waals surface area contributed by atoms with E-state index in [2.05, 4.69) is 123 Å². The predicted octanol–water partition coefficient (Wildman–Crippen LogP) is 3.51. The summed E-state index contributed by atoms with van der Waals surface area (Å²) in [6.07, 6.45) is 7.28. The van der Waals surface area contributed by atoms with Gasteiger partial charge in [0.25, 0.3) is 0 Å². The van der Waals surface area contributed by atoms with Crippen molar-refractivity contribution in [1.29, 1.82) is 0 Å². The molecule has 0 heterocycles. The number of fused-ring (bicyclic) bond motifs is 2. The van der Waals surface area contributed by atoms with Gasteiger partial charge in [0, 0.05) is 0 Å². The molecule has 3 heteroatoms. The normalized spacial score (nSPS) is 16.9. The average molecular weight is 560 g/mol. The van der Waals surface area contributed by atoms with Crippen molar-refractivity contribution in [3.8, 4) is 22.3 Å². The monoisotopic (exact) mass is 559 g/mol. The Balaban J connectivity index is 0.00000160. The summed E-state index contributed by atoms with van der Waals surface area (Å²) in [4.78, 5) is 0. The summed E-state index contributed by atoms with van der Waals surface area (Å²) < 4.78 is 1.14. The third-order valence-corrected chi connectivity index (χ3v) is 10.4. The first-order valence-electron chi connectivity index (χ1n) is 12.8. The SMILES string of the molecule is CCC1=Cc2c(-c3ccccc3)cccc2[CH]1[V+2][CH]1C(CC)=Cc2c(-c3ccccc3)cccc21.[Cl-].[Cl-]. The summed E-state index contributed by atoms with van der Waals surface area (Å²) >= 11 is 0.0370. The van der Waals surface area contributed by atoms with Crippen LogP contribution in [0.1, 0.15) is 58.2 Å². The van der Waals surface area contributed by atoms with Crippen LogP contribution in [-0.4, -0.2) is 0 Å². The summed E-state index contributed by atoms with van der Waals surface area (Å²) in [5, 5.41) is 0. The van der Waals surface area contributed by atoms with Crippen LogP contribution in [0.15, 0.2) is 108 Å². The van der Waals surface area contributed by atoms with E-state index in [1.807, 2.05) is 0 Å². The molecule has 0 radical (unpaired) electrons. The van der Waals surface area contributed by atoms with Crippen LogP contribution in [0, 0.1) is 0 Å². The molecule has 4 aromatic carbocycles.